The fourth-order valence-corrected chi connectivity index (χ4v) is 4.18. The lowest BCUT2D eigenvalue weighted by Crippen LogP contribution is -1.76. The van der Waals surface area contributed by atoms with E-state index in [9.17, 15) is 0 Å². The van der Waals surface area contributed by atoms with Crippen molar-refractivity contribution >= 4 is 54.0 Å². The van der Waals surface area contributed by atoms with Gasteiger partial charge in [0.1, 0.15) is 0 Å². The van der Waals surface area contributed by atoms with E-state index in [4.69, 9.17) is 0 Å². The highest BCUT2D eigenvalue weighted by molar-refractivity contribution is 7.18. The number of hydrogen-bond donors (Lipinski definition) is 1. The first-order valence-corrected chi connectivity index (χ1v) is 7.60. The van der Waals surface area contributed by atoms with Crippen LogP contribution in [-0.2, 0) is 0 Å². The molecule has 2 heterocycles. The maximum Gasteiger partial charge on any atom is 0.0551 e. The zero-order chi connectivity index (χ0) is 13.1. The molecule has 0 spiro atoms. The van der Waals surface area contributed by atoms with E-state index in [-0.39, 0.29) is 0 Å². The number of benzene rings is 3. The van der Waals surface area contributed by atoms with Crippen LogP contribution in [0.1, 0.15) is 0 Å². The van der Waals surface area contributed by atoms with Crippen LogP contribution in [0.4, 0.5) is 0 Å². The number of fused-ring (bicyclic) bond motifs is 8. The van der Waals surface area contributed by atoms with Crippen LogP contribution in [0.25, 0.3) is 42.7 Å². The highest BCUT2D eigenvalue weighted by Crippen LogP contribution is 2.40. The molecule has 0 unspecified atom stereocenters. The van der Waals surface area contributed by atoms with Crippen molar-refractivity contribution < 1.29 is 0 Å². The maximum atomic E-state index is 3.61. The van der Waals surface area contributed by atoms with Crippen LogP contribution in [0, 0.1) is 0 Å². The molecule has 0 saturated heterocycles. The predicted molar refractivity (Wildman–Crippen MR) is 88.7 cm³/mol. The van der Waals surface area contributed by atoms with Crippen LogP contribution in [0.15, 0.2) is 60.0 Å². The quantitative estimate of drug-likeness (QED) is 0.373. The number of aromatic amines is 1. The van der Waals surface area contributed by atoms with Gasteiger partial charge in [-0.05, 0) is 17.5 Å². The van der Waals surface area contributed by atoms with Crippen LogP contribution >= 0.6 is 11.3 Å². The molecule has 0 aliphatic heterocycles. The van der Waals surface area contributed by atoms with Crippen LogP contribution in [-0.4, -0.2) is 4.98 Å². The molecule has 0 aliphatic rings. The second-order valence-corrected chi connectivity index (χ2v) is 6.05. The minimum atomic E-state index is 1.21. The normalized spacial score (nSPS) is 12.0. The van der Waals surface area contributed by atoms with Crippen LogP contribution in [0.3, 0.4) is 0 Å². The number of hydrogen-bond acceptors (Lipinski definition) is 1. The molecular weight excluding hydrogens is 262 g/mol. The van der Waals surface area contributed by atoms with Crippen molar-refractivity contribution in [2.75, 3.05) is 0 Å². The molecule has 5 rings (SSSR count). The van der Waals surface area contributed by atoms with E-state index in [1.54, 1.807) is 0 Å². The van der Waals surface area contributed by atoms with E-state index in [2.05, 4.69) is 65.0 Å². The smallest absolute Gasteiger partial charge is 0.0551 e. The van der Waals surface area contributed by atoms with Crippen molar-refractivity contribution in [1.82, 2.24) is 4.98 Å². The summed E-state index contributed by atoms with van der Waals surface area (Å²) in [7, 11) is 0. The minimum Gasteiger partial charge on any atom is -0.354 e. The van der Waals surface area contributed by atoms with Gasteiger partial charge in [-0.15, -0.1) is 11.3 Å². The molecule has 1 N–H and O–H groups in total. The molecule has 0 atom stereocenters. The van der Waals surface area contributed by atoms with E-state index >= 15 is 0 Å². The van der Waals surface area contributed by atoms with Gasteiger partial charge in [-0.2, -0.15) is 0 Å². The van der Waals surface area contributed by atoms with Crippen molar-refractivity contribution in [3.8, 4) is 0 Å². The Labute approximate surface area is 119 Å². The summed E-state index contributed by atoms with van der Waals surface area (Å²) in [4.78, 5) is 3.61. The Morgan fingerprint density at radius 1 is 0.700 bits per heavy atom. The van der Waals surface area contributed by atoms with Crippen molar-refractivity contribution in [2.45, 2.75) is 0 Å². The SMILES string of the molecule is c1ccc2c(c1)[nH]c1c3ccccc3c3sccc3c21. The molecule has 20 heavy (non-hydrogen) atoms. The molecule has 2 heteroatoms. The average molecular weight is 273 g/mol. The summed E-state index contributed by atoms with van der Waals surface area (Å²) < 4.78 is 1.39. The first-order chi connectivity index (χ1) is 9.93. The highest BCUT2D eigenvalue weighted by atomic mass is 32.1. The second-order valence-electron chi connectivity index (χ2n) is 5.13. The Kier molecular flexibility index (Phi) is 1.89. The Bertz CT molecular complexity index is 1100. The molecule has 0 fully saturated rings. The lowest BCUT2D eigenvalue weighted by Gasteiger charge is -2.02. The molecule has 94 valence electrons. The van der Waals surface area contributed by atoms with E-state index in [0.717, 1.165) is 0 Å². The highest BCUT2D eigenvalue weighted by Gasteiger charge is 2.13. The fraction of sp³-hybridized carbons (Fsp3) is 0. The topological polar surface area (TPSA) is 15.8 Å². The van der Waals surface area contributed by atoms with Crippen molar-refractivity contribution in [2.24, 2.45) is 0 Å². The molecule has 3 aromatic carbocycles. The number of H-pyrrole nitrogens is 1. The van der Waals surface area contributed by atoms with Crippen LogP contribution < -0.4 is 0 Å². The summed E-state index contributed by atoms with van der Waals surface area (Å²) in [6.07, 6.45) is 0. The molecule has 0 radical (unpaired) electrons. The van der Waals surface area contributed by atoms with Crippen molar-refractivity contribution in [1.29, 1.82) is 0 Å². The van der Waals surface area contributed by atoms with Gasteiger partial charge < -0.3 is 4.98 Å². The first-order valence-electron chi connectivity index (χ1n) is 6.72. The minimum absolute atomic E-state index is 1.21. The Morgan fingerprint density at radius 3 is 2.35 bits per heavy atom. The first kappa shape index (κ1) is 10.5. The maximum absolute atomic E-state index is 3.61. The third-order valence-corrected chi connectivity index (χ3v) is 5.03. The second kappa shape index (κ2) is 3.62. The van der Waals surface area contributed by atoms with E-state index in [1.165, 1.54) is 42.7 Å². The molecular formula is C18H11NS. The summed E-state index contributed by atoms with van der Waals surface area (Å²) >= 11 is 1.83. The van der Waals surface area contributed by atoms with Gasteiger partial charge in [0.25, 0.3) is 0 Å². The number of rotatable bonds is 0. The van der Waals surface area contributed by atoms with Crippen molar-refractivity contribution in [3.63, 3.8) is 0 Å². The summed E-state index contributed by atoms with van der Waals surface area (Å²) in [6, 6.07) is 19.5. The van der Waals surface area contributed by atoms with E-state index in [1.807, 2.05) is 11.3 Å². The van der Waals surface area contributed by atoms with Gasteiger partial charge in [0.2, 0.25) is 0 Å². The molecule has 0 bridgehead atoms. The Morgan fingerprint density at radius 2 is 1.45 bits per heavy atom. The summed E-state index contributed by atoms with van der Waals surface area (Å²) in [5.74, 6) is 0. The van der Waals surface area contributed by atoms with Crippen LogP contribution in [0.5, 0.6) is 0 Å². The van der Waals surface area contributed by atoms with Gasteiger partial charge in [-0.1, -0.05) is 42.5 Å². The summed E-state index contributed by atoms with van der Waals surface area (Å²) in [5, 5.41) is 8.89. The number of para-hydroxylation sites is 1. The van der Waals surface area contributed by atoms with Gasteiger partial charge >= 0.3 is 0 Å². The van der Waals surface area contributed by atoms with Crippen LogP contribution in [0.2, 0.25) is 0 Å². The molecule has 0 amide bonds. The fourth-order valence-electron chi connectivity index (χ4n) is 3.24. The zero-order valence-corrected chi connectivity index (χ0v) is 11.5. The third kappa shape index (κ3) is 1.17. The number of nitrogens with one attached hydrogen (secondary N) is 1. The van der Waals surface area contributed by atoms with E-state index < -0.39 is 0 Å². The lowest BCUT2D eigenvalue weighted by atomic mass is 10.0. The Hall–Kier alpha value is -2.32. The number of aromatic nitrogens is 1. The largest absolute Gasteiger partial charge is 0.354 e. The van der Waals surface area contributed by atoms with Gasteiger partial charge in [-0.3, -0.25) is 0 Å². The monoisotopic (exact) mass is 273 g/mol. The predicted octanol–water partition coefficient (Wildman–Crippen LogP) is 5.69. The molecule has 2 aromatic heterocycles. The van der Waals surface area contributed by atoms with Crippen molar-refractivity contribution in [3.05, 3.63) is 60.0 Å². The standard InChI is InChI=1S/C18H11NS/c1-2-6-12-11(5-1)17-16(14-9-10-20-18(12)14)13-7-3-4-8-15(13)19-17/h1-10,19H. The third-order valence-electron chi connectivity index (χ3n) is 4.08. The van der Waals surface area contributed by atoms with Gasteiger partial charge in [-0.25, -0.2) is 0 Å². The molecule has 0 saturated carbocycles. The Balaban J connectivity index is 2.26. The molecule has 5 aromatic rings. The molecule has 1 nitrogen and oxygen atoms in total. The van der Waals surface area contributed by atoms with E-state index in [0.29, 0.717) is 0 Å². The number of thiophene rings is 1. The summed E-state index contributed by atoms with van der Waals surface area (Å²) in [6.45, 7) is 0. The summed E-state index contributed by atoms with van der Waals surface area (Å²) in [5.41, 5.74) is 2.47. The van der Waals surface area contributed by atoms with Gasteiger partial charge in [0.15, 0.2) is 0 Å². The van der Waals surface area contributed by atoms with Gasteiger partial charge in [0.05, 0.1) is 5.52 Å². The zero-order valence-electron chi connectivity index (χ0n) is 10.7. The van der Waals surface area contributed by atoms with Gasteiger partial charge in [0, 0.05) is 37.1 Å². The molecule has 0 aliphatic carbocycles. The lowest BCUT2D eigenvalue weighted by molar-refractivity contribution is 1.57. The average Bonchev–Trinajstić information content (AvgIpc) is 3.11.